The highest BCUT2D eigenvalue weighted by atomic mass is 19.1. The molecule has 1 aromatic carbocycles. The number of benzene rings is 1. The average molecular weight is 375 g/mol. The third kappa shape index (κ3) is 2.72. The number of aromatic amines is 1. The largest absolute Gasteiger partial charge is 0.346 e. The van der Waals surface area contributed by atoms with Crippen molar-refractivity contribution in [2.24, 2.45) is 0 Å². The maximum absolute atomic E-state index is 13.5. The van der Waals surface area contributed by atoms with E-state index in [0.29, 0.717) is 12.1 Å². The molecule has 1 N–H and O–H groups in total. The van der Waals surface area contributed by atoms with Crippen LogP contribution in [0.3, 0.4) is 0 Å². The van der Waals surface area contributed by atoms with Crippen LogP contribution in [0.2, 0.25) is 0 Å². The number of rotatable bonds is 4. The topological polar surface area (TPSA) is 49.7 Å². The fourth-order valence-corrected chi connectivity index (χ4v) is 4.10. The smallest absolute Gasteiger partial charge is 0.137 e. The van der Waals surface area contributed by atoms with Crippen LogP contribution in [0.5, 0.6) is 0 Å². The predicted molar refractivity (Wildman–Crippen MR) is 108 cm³/mol. The zero-order chi connectivity index (χ0) is 19.3. The summed E-state index contributed by atoms with van der Waals surface area (Å²) in [5.41, 5.74) is 4.81. The number of pyridine rings is 1. The Hall–Kier alpha value is -2.99. The summed E-state index contributed by atoms with van der Waals surface area (Å²) < 4.78 is 15.8. The number of nitrogens with one attached hydrogen (secondary N) is 1. The van der Waals surface area contributed by atoms with Gasteiger partial charge in [-0.25, -0.2) is 14.4 Å². The number of aromatic nitrogens is 4. The highest BCUT2D eigenvalue weighted by Gasteiger charge is 2.34. The van der Waals surface area contributed by atoms with Crippen molar-refractivity contribution in [1.29, 1.82) is 0 Å². The van der Waals surface area contributed by atoms with Crippen molar-refractivity contribution < 1.29 is 4.39 Å². The predicted octanol–water partition coefficient (Wildman–Crippen LogP) is 4.50. The maximum atomic E-state index is 13.5. The van der Waals surface area contributed by atoms with Gasteiger partial charge in [-0.3, -0.25) is 0 Å². The monoisotopic (exact) mass is 375 g/mol. The van der Waals surface area contributed by atoms with Gasteiger partial charge >= 0.3 is 0 Å². The number of imidazole rings is 1. The Morgan fingerprint density at radius 3 is 2.61 bits per heavy atom. The van der Waals surface area contributed by atoms with E-state index in [0.717, 1.165) is 46.4 Å². The lowest BCUT2D eigenvalue weighted by molar-refractivity contribution is 0.130. The third-order valence-corrected chi connectivity index (χ3v) is 5.84. The molecule has 3 aromatic heterocycles. The minimum Gasteiger partial charge on any atom is -0.346 e. The Morgan fingerprint density at radius 2 is 1.86 bits per heavy atom. The maximum Gasteiger partial charge on any atom is 0.137 e. The van der Waals surface area contributed by atoms with Gasteiger partial charge in [0.15, 0.2) is 0 Å². The van der Waals surface area contributed by atoms with Crippen molar-refractivity contribution in [2.45, 2.75) is 24.9 Å². The van der Waals surface area contributed by atoms with E-state index in [1.807, 2.05) is 30.9 Å². The van der Waals surface area contributed by atoms with E-state index in [1.165, 1.54) is 12.1 Å². The second-order valence-electron chi connectivity index (χ2n) is 7.70. The Balaban J connectivity index is 1.67. The lowest BCUT2D eigenvalue weighted by Crippen LogP contribution is -2.41. The van der Waals surface area contributed by atoms with E-state index in [9.17, 15) is 4.39 Å². The lowest BCUT2D eigenvalue weighted by Gasteiger charge is -2.41. The van der Waals surface area contributed by atoms with Gasteiger partial charge in [0.1, 0.15) is 11.5 Å². The van der Waals surface area contributed by atoms with E-state index in [1.54, 1.807) is 12.1 Å². The zero-order valence-corrected chi connectivity index (χ0v) is 15.9. The molecule has 28 heavy (non-hydrogen) atoms. The summed E-state index contributed by atoms with van der Waals surface area (Å²) in [7, 11) is 4.26. The first-order valence-corrected chi connectivity index (χ1v) is 9.53. The van der Waals surface area contributed by atoms with Crippen LogP contribution in [0.4, 0.5) is 4.39 Å². The third-order valence-electron chi connectivity index (χ3n) is 5.84. The van der Waals surface area contributed by atoms with Crippen LogP contribution >= 0.6 is 0 Å². The van der Waals surface area contributed by atoms with Gasteiger partial charge in [-0.1, -0.05) is 0 Å². The number of halogens is 1. The summed E-state index contributed by atoms with van der Waals surface area (Å²) in [5, 5.41) is 1.07. The first-order chi connectivity index (χ1) is 13.6. The van der Waals surface area contributed by atoms with Gasteiger partial charge in [0, 0.05) is 41.0 Å². The summed E-state index contributed by atoms with van der Waals surface area (Å²) in [4.78, 5) is 14.7. The fourth-order valence-electron chi connectivity index (χ4n) is 4.10. The van der Waals surface area contributed by atoms with Crippen LogP contribution < -0.4 is 0 Å². The quantitative estimate of drug-likeness (QED) is 0.571. The average Bonchev–Trinajstić information content (AvgIpc) is 3.28. The molecule has 0 aliphatic heterocycles. The molecule has 1 aliphatic rings. The number of H-pyrrole nitrogens is 1. The van der Waals surface area contributed by atoms with Crippen LogP contribution in [0, 0.1) is 5.82 Å². The summed E-state index contributed by atoms with van der Waals surface area (Å²) in [6.07, 6.45) is 7.86. The van der Waals surface area contributed by atoms with Gasteiger partial charge in [0.05, 0.1) is 17.7 Å². The molecule has 0 spiro atoms. The van der Waals surface area contributed by atoms with E-state index >= 15 is 0 Å². The van der Waals surface area contributed by atoms with Crippen molar-refractivity contribution in [3.05, 3.63) is 60.9 Å². The van der Waals surface area contributed by atoms with Gasteiger partial charge in [-0.2, -0.15) is 0 Å². The highest BCUT2D eigenvalue weighted by Crippen LogP contribution is 2.42. The van der Waals surface area contributed by atoms with Gasteiger partial charge in [0.25, 0.3) is 0 Å². The SMILES string of the molecule is CN(C)[C@H]1C[C@@H](n2cnc(-c3ccc(F)cc3)c2-c2ccnc3[nH]ccc23)C1. The van der Waals surface area contributed by atoms with Crippen molar-refractivity contribution >= 4 is 11.0 Å². The Kier molecular flexibility index (Phi) is 4.02. The molecule has 1 saturated carbocycles. The summed E-state index contributed by atoms with van der Waals surface area (Å²) in [6.45, 7) is 0. The van der Waals surface area contributed by atoms with Gasteiger partial charge in [-0.05, 0) is 63.3 Å². The van der Waals surface area contributed by atoms with Gasteiger partial charge in [-0.15, -0.1) is 0 Å². The molecule has 0 bridgehead atoms. The molecule has 0 radical (unpaired) electrons. The molecular weight excluding hydrogens is 353 g/mol. The Labute approximate surface area is 162 Å². The minimum atomic E-state index is -0.241. The summed E-state index contributed by atoms with van der Waals surface area (Å²) >= 11 is 0. The first-order valence-electron chi connectivity index (χ1n) is 9.53. The zero-order valence-electron chi connectivity index (χ0n) is 15.9. The molecule has 5 nitrogen and oxygen atoms in total. The van der Waals surface area contributed by atoms with Crippen LogP contribution in [-0.4, -0.2) is 44.6 Å². The molecule has 1 aliphatic carbocycles. The molecule has 3 heterocycles. The van der Waals surface area contributed by atoms with Crippen molar-refractivity contribution in [2.75, 3.05) is 14.1 Å². The van der Waals surface area contributed by atoms with E-state index in [2.05, 4.69) is 33.5 Å². The molecule has 1 fully saturated rings. The number of hydrogen-bond acceptors (Lipinski definition) is 3. The van der Waals surface area contributed by atoms with Crippen LogP contribution in [0.25, 0.3) is 33.5 Å². The normalized spacial score (nSPS) is 19.3. The second-order valence-corrected chi connectivity index (χ2v) is 7.70. The minimum absolute atomic E-state index is 0.241. The molecule has 0 atom stereocenters. The Bertz CT molecular complexity index is 1120. The molecule has 5 rings (SSSR count). The molecule has 0 unspecified atom stereocenters. The molecule has 4 aromatic rings. The van der Waals surface area contributed by atoms with Crippen molar-refractivity contribution in [1.82, 2.24) is 24.4 Å². The van der Waals surface area contributed by atoms with Gasteiger partial charge < -0.3 is 14.5 Å². The number of hydrogen-bond donors (Lipinski definition) is 1. The van der Waals surface area contributed by atoms with Crippen LogP contribution in [0.1, 0.15) is 18.9 Å². The van der Waals surface area contributed by atoms with Gasteiger partial charge in [0.2, 0.25) is 0 Å². The summed E-state index contributed by atoms with van der Waals surface area (Å²) in [5.74, 6) is -0.241. The molecule has 0 saturated heterocycles. The number of fused-ring (bicyclic) bond motifs is 1. The molecular formula is C22H22FN5. The first kappa shape index (κ1) is 17.1. The Morgan fingerprint density at radius 1 is 1.07 bits per heavy atom. The van der Waals surface area contributed by atoms with Crippen LogP contribution in [0.15, 0.2) is 55.1 Å². The standard InChI is InChI=1S/C22H22FN5/c1-27(2)16-11-17(12-16)28-13-26-20(14-3-5-15(23)6-4-14)21(28)18-7-9-24-22-19(18)8-10-25-22/h3-10,13,16-17H,11-12H2,1-2H3,(H,24,25)/t16-,17+. The molecule has 6 heteroatoms. The highest BCUT2D eigenvalue weighted by molar-refractivity contribution is 5.95. The van der Waals surface area contributed by atoms with Crippen molar-refractivity contribution in [3.8, 4) is 22.5 Å². The second kappa shape index (κ2) is 6.56. The molecule has 142 valence electrons. The van der Waals surface area contributed by atoms with E-state index in [-0.39, 0.29) is 5.82 Å². The lowest BCUT2D eigenvalue weighted by atomic mass is 9.85. The van der Waals surface area contributed by atoms with E-state index < -0.39 is 0 Å². The van der Waals surface area contributed by atoms with E-state index in [4.69, 9.17) is 4.98 Å². The number of nitrogens with zero attached hydrogens (tertiary/aromatic N) is 4. The van der Waals surface area contributed by atoms with Crippen molar-refractivity contribution in [3.63, 3.8) is 0 Å². The summed E-state index contributed by atoms with van der Waals surface area (Å²) in [6, 6.07) is 11.7. The fraction of sp³-hybridized carbons (Fsp3) is 0.273. The van der Waals surface area contributed by atoms with Crippen LogP contribution in [-0.2, 0) is 0 Å². The molecule has 0 amide bonds.